The van der Waals surface area contributed by atoms with Gasteiger partial charge in [-0.3, -0.25) is 20.2 Å². The first kappa shape index (κ1) is 12.0. The van der Waals surface area contributed by atoms with Gasteiger partial charge in [-0.1, -0.05) is 0 Å². The monoisotopic (exact) mass is 242 g/mol. The van der Waals surface area contributed by atoms with Gasteiger partial charge in [0.05, 0.1) is 12.7 Å². The van der Waals surface area contributed by atoms with Gasteiger partial charge >= 0.3 is 6.03 Å². The van der Waals surface area contributed by atoms with Crippen molar-refractivity contribution >= 4 is 17.8 Å². The molecule has 2 aliphatic rings. The zero-order chi connectivity index (χ0) is 12.6. The molecule has 2 N–H and O–H groups in total. The number of ether oxygens (including phenoxy) is 2. The number of barbiturate groups is 1. The number of nitrogens with one attached hydrogen (secondary N) is 2. The van der Waals surface area contributed by atoms with Crippen molar-refractivity contribution in [2.75, 3.05) is 6.61 Å². The van der Waals surface area contributed by atoms with Crippen molar-refractivity contribution in [3.63, 3.8) is 0 Å². The van der Waals surface area contributed by atoms with E-state index in [2.05, 4.69) is 0 Å². The first-order valence-corrected chi connectivity index (χ1v) is 5.35. The van der Waals surface area contributed by atoms with Gasteiger partial charge in [0.1, 0.15) is 5.92 Å². The predicted molar refractivity (Wildman–Crippen MR) is 54.7 cm³/mol. The van der Waals surface area contributed by atoms with Gasteiger partial charge < -0.3 is 9.47 Å². The largest absolute Gasteiger partial charge is 0.348 e. The van der Waals surface area contributed by atoms with Crippen molar-refractivity contribution in [3.8, 4) is 0 Å². The highest BCUT2D eigenvalue weighted by molar-refractivity contribution is 6.16. The number of carbonyl (C=O) groups is 3. The van der Waals surface area contributed by atoms with Crippen molar-refractivity contribution in [2.45, 2.75) is 32.2 Å². The molecule has 17 heavy (non-hydrogen) atoms. The third kappa shape index (κ3) is 2.62. The normalized spacial score (nSPS) is 29.1. The average molecular weight is 242 g/mol. The van der Waals surface area contributed by atoms with Crippen molar-refractivity contribution in [3.05, 3.63) is 0 Å². The number of imide groups is 2. The maximum atomic E-state index is 11.5. The summed E-state index contributed by atoms with van der Waals surface area (Å²) < 4.78 is 10.8. The van der Waals surface area contributed by atoms with Gasteiger partial charge in [-0.05, 0) is 20.3 Å². The van der Waals surface area contributed by atoms with Crippen LogP contribution in [0.3, 0.4) is 0 Å². The predicted octanol–water partition coefficient (Wildman–Crippen LogP) is -0.490. The number of hydrogen-bond donors (Lipinski definition) is 2. The van der Waals surface area contributed by atoms with Gasteiger partial charge in [-0.15, -0.1) is 0 Å². The Morgan fingerprint density at radius 3 is 2.29 bits per heavy atom. The zero-order valence-electron chi connectivity index (χ0n) is 9.61. The van der Waals surface area contributed by atoms with E-state index >= 15 is 0 Å². The molecule has 2 rings (SSSR count). The fourth-order valence-corrected chi connectivity index (χ4v) is 1.90. The first-order chi connectivity index (χ1) is 7.87. The second kappa shape index (κ2) is 4.08. The van der Waals surface area contributed by atoms with Crippen molar-refractivity contribution < 1.29 is 23.9 Å². The zero-order valence-corrected chi connectivity index (χ0v) is 9.61. The molecule has 0 aliphatic carbocycles. The smallest absolute Gasteiger partial charge is 0.328 e. The van der Waals surface area contributed by atoms with Gasteiger partial charge in [0.25, 0.3) is 0 Å². The molecule has 7 heteroatoms. The molecule has 2 saturated heterocycles. The molecule has 2 aliphatic heterocycles. The summed E-state index contributed by atoms with van der Waals surface area (Å²) in [6.07, 6.45) is -0.117. The lowest BCUT2D eigenvalue weighted by Gasteiger charge is -2.23. The summed E-state index contributed by atoms with van der Waals surface area (Å²) in [5.74, 6) is -2.78. The Morgan fingerprint density at radius 2 is 1.82 bits per heavy atom. The molecular formula is C10H14N2O5. The molecule has 7 nitrogen and oxygen atoms in total. The maximum absolute atomic E-state index is 11.5. The van der Waals surface area contributed by atoms with Crippen LogP contribution in [-0.2, 0) is 19.1 Å². The summed E-state index contributed by atoms with van der Waals surface area (Å²) in [6.45, 7) is 3.85. The summed E-state index contributed by atoms with van der Waals surface area (Å²) in [5, 5.41) is 4.10. The van der Waals surface area contributed by atoms with Gasteiger partial charge in [-0.2, -0.15) is 0 Å². The number of urea groups is 1. The molecule has 0 spiro atoms. The molecule has 0 aromatic carbocycles. The van der Waals surface area contributed by atoms with E-state index in [1.54, 1.807) is 13.8 Å². The van der Waals surface area contributed by atoms with Gasteiger partial charge in [0.2, 0.25) is 11.8 Å². The Kier molecular flexibility index (Phi) is 2.88. The third-order valence-corrected chi connectivity index (χ3v) is 2.67. The lowest BCUT2D eigenvalue weighted by molar-refractivity contribution is -0.147. The standard InChI is InChI=1S/C10H14N2O5/c1-10(2)16-4-5(17-10)3-6-7(13)11-9(15)12-8(6)14/h5-6H,3-4H2,1-2H3,(H2,11,12,13,14,15)/t5-/m0/s1. The topological polar surface area (TPSA) is 93.7 Å². The minimum atomic E-state index is -0.907. The minimum Gasteiger partial charge on any atom is -0.348 e. The van der Waals surface area contributed by atoms with Crippen LogP contribution in [0.5, 0.6) is 0 Å². The lowest BCUT2D eigenvalue weighted by atomic mass is 9.98. The molecule has 2 fully saturated rings. The molecule has 4 amide bonds. The fraction of sp³-hybridized carbons (Fsp3) is 0.700. The molecule has 94 valence electrons. The molecule has 0 unspecified atom stereocenters. The Bertz CT molecular complexity index is 359. The number of rotatable bonds is 2. The maximum Gasteiger partial charge on any atom is 0.328 e. The Balaban J connectivity index is 1.97. The van der Waals surface area contributed by atoms with Crippen LogP contribution >= 0.6 is 0 Å². The van der Waals surface area contributed by atoms with E-state index in [9.17, 15) is 14.4 Å². The molecule has 0 aromatic heterocycles. The summed E-state index contributed by atoms with van der Waals surface area (Å²) in [5.41, 5.74) is 0. The molecule has 0 saturated carbocycles. The molecule has 0 radical (unpaired) electrons. The van der Waals surface area contributed by atoms with E-state index in [1.165, 1.54) is 0 Å². The lowest BCUT2D eigenvalue weighted by Crippen LogP contribution is -2.56. The molecular weight excluding hydrogens is 228 g/mol. The van der Waals surface area contributed by atoms with Crippen LogP contribution in [0.15, 0.2) is 0 Å². The van der Waals surface area contributed by atoms with E-state index in [-0.39, 0.29) is 12.5 Å². The van der Waals surface area contributed by atoms with Crippen LogP contribution in [0.1, 0.15) is 20.3 Å². The highest BCUT2D eigenvalue weighted by atomic mass is 16.7. The van der Waals surface area contributed by atoms with Crippen LogP contribution in [0.4, 0.5) is 4.79 Å². The average Bonchev–Trinajstić information content (AvgIpc) is 2.52. The fourth-order valence-electron chi connectivity index (χ4n) is 1.90. The number of carbonyl (C=O) groups excluding carboxylic acids is 3. The molecule has 0 aromatic rings. The van der Waals surface area contributed by atoms with E-state index in [4.69, 9.17) is 9.47 Å². The van der Waals surface area contributed by atoms with Crippen LogP contribution < -0.4 is 10.6 Å². The highest BCUT2D eigenvalue weighted by Crippen LogP contribution is 2.26. The Labute approximate surface area is 97.8 Å². The molecule has 0 bridgehead atoms. The quantitative estimate of drug-likeness (QED) is 0.637. The second-order valence-corrected chi connectivity index (χ2v) is 4.55. The summed E-state index contributed by atoms with van der Waals surface area (Å²) in [7, 11) is 0. The Morgan fingerprint density at radius 1 is 1.24 bits per heavy atom. The number of amides is 4. The van der Waals surface area contributed by atoms with E-state index < -0.39 is 29.6 Å². The second-order valence-electron chi connectivity index (χ2n) is 4.55. The van der Waals surface area contributed by atoms with Crippen LogP contribution in [0.25, 0.3) is 0 Å². The summed E-state index contributed by atoms with van der Waals surface area (Å²) >= 11 is 0. The van der Waals surface area contributed by atoms with E-state index in [0.29, 0.717) is 6.61 Å². The van der Waals surface area contributed by atoms with Crippen molar-refractivity contribution in [1.82, 2.24) is 10.6 Å². The van der Waals surface area contributed by atoms with Crippen molar-refractivity contribution in [1.29, 1.82) is 0 Å². The van der Waals surface area contributed by atoms with E-state index in [0.717, 1.165) is 0 Å². The first-order valence-electron chi connectivity index (χ1n) is 5.35. The van der Waals surface area contributed by atoms with E-state index in [1.807, 2.05) is 10.6 Å². The minimum absolute atomic E-state index is 0.203. The molecule has 1 atom stereocenters. The van der Waals surface area contributed by atoms with Gasteiger partial charge in [0.15, 0.2) is 5.79 Å². The van der Waals surface area contributed by atoms with Gasteiger partial charge in [-0.25, -0.2) is 4.79 Å². The van der Waals surface area contributed by atoms with Gasteiger partial charge in [0, 0.05) is 0 Å². The number of hydrogen-bond acceptors (Lipinski definition) is 5. The summed E-state index contributed by atoms with van der Waals surface area (Å²) in [6, 6.07) is -0.778. The third-order valence-electron chi connectivity index (χ3n) is 2.67. The summed E-state index contributed by atoms with van der Waals surface area (Å²) in [4.78, 5) is 33.8. The van der Waals surface area contributed by atoms with Crippen LogP contribution in [-0.4, -0.2) is 36.3 Å². The van der Waals surface area contributed by atoms with Crippen molar-refractivity contribution in [2.24, 2.45) is 5.92 Å². The SMILES string of the molecule is CC1(C)OC[C@H](CC2C(=O)NC(=O)NC2=O)O1. The van der Waals surface area contributed by atoms with Crippen LogP contribution in [0, 0.1) is 5.92 Å². The highest BCUT2D eigenvalue weighted by Gasteiger charge is 2.40. The van der Waals surface area contributed by atoms with Crippen LogP contribution in [0.2, 0.25) is 0 Å². The Hall–Kier alpha value is -1.47. The molecule has 2 heterocycles.